The lowest BCUT2D eigenvalue weighted by atomic mass is 9.88. The summed E-state index contributed by atoms with van der Waals surface area (Å²) in [5.74, 6) is 1.96. The smallest absolute Gasteiger partial charge is 0.227 e. The number of hydrogen-bond donors (Lipinski definition) is 1. The molecule has 0 radical (unpaired) electrons. The van der Waals surface area contributed by atoms with Crippen molar-refractivity contribution in [2.45, 2.75) is 31.0 Å². The average Bonchev–Trinajstić information content (AvgIpc) is 3.02. The molecule has 0 aliphatic heterocycles. The van der Waals surface area contributed by atoms with Gasteiger partial charge in [-0.3, -0.25) is 4.79 Å². The molecule has 3 heteroatoms. The Kier molecular flexibility index (Phi) is 3.42. The van der Waals surface area contributed by atoms with Crippen molar-refractivity contribution in [3.63, 3.8) is 0 Å². The molecule has 3 unspecified atom stereocenters. The fourth-order valence-electron chi connectivity index (χ4n) is 3.48. The number of carbonyl (C=O) groups excluding carboxylic acids is 1. The molecule has 2 aliphatic rings. The predicted octanol–water partition coefficient (Wildman–Crippen LogP) is 3.96. The van der Waals surface area contributed by atoms with Crippen LogP contribution in [0.25, 0.3) is 0 Å². The first-order valence-electron chi connectivity index (χ1n) is 6.72. The fourth-order valence-corrected chi connectivity index (χ4v) is 3.85. The fraction of sp³-hybridized carbons (Fsp3) is 0.533. The molecule has 2 bridgehead atoms. The van der Waals surface area contributed by atoms with E-state index in [2.05, 4.69) is 21.2 Å². The lowest BCUT2D eigenvalue weighted by Crippen LogP contribution is -2.27. The molecule has 1 amide bonds. The molecule has 2 saturated carbocycles. The molecule has 0 spiro atoms. The first-order chi connectivity index (χ1) is 8.76. The van der Waals surface area contributed by atoms with Crippen LogP contribution in [0, 0.1) is 17.8 Å². The van der Waals surface area contributed by atoms with E-state index in [9.17, 15) is 4.79 Å². The molecule has 0 aromatic heterocycles. The summed E-state index contributed by atoms with van der Waals surface area (Å²) in [7, 11) is 0. The summed E-state index contributed by atoms with van der Waals surface area (Å²) >= 11 is 3.42. The van der Waals surface area contributed by atoms with Crippen molar-refractivity contribution in [1.82, 2.24) is 0 Å². The van der Waals surface area contributed by atoms with Gasteiger partial charge >= 0.3 is 0 Å². The maximum absolute atomic E-state index is 12.2. The van der Waals surface area contributed by atoms with Gasteiger partial charge in [0.2, 0.25) is 5.91 Å². The lowest BCUT2D eigenvalue weighted by Gasteiger charge is -2.20. The Balaban J connectivity index is 1.63. The van der Waals surface area contributed by atoms with Crippen molar-refractivity contribution in [2.24, 2.45) is 17.8 Å². The Morgan fingerprint density at radius 2 is 2.00 bits per heavy atom. The normalized spacial score (nSPS) is 29.5. The molecule has 18 heavy (non-hydrogen) atoms. The Hall–Kier alpha value is -0.830. The van der Waals surface area contributed by atoms with Crippen molar-refractivity contribution < 1.29 is 4.79 Å². The maximum atomic E-state index is 12.2. The van der Waals surface area contributed by atoms with E-state index in [-0.39, 0.29) is 11.8 Å². The molecular formula is C15H18BrNO. The van der Waals surface area contributed by atoms with Crippen LogP contribution in [-0.4, -0.2) is 5.91 Å². The third-order valence-corrected chi connectivity index (χ3v) is 5.10. The van der Waals surface area contributed by atoms with Crippen LogP contribution in [-0.2, 0) is 10.1 Å². The van der Waals surface area contributed by atoms with E-state index in [0.717, 1.165) is 23.4 Å². The third kappa shape index (κ3) is 2.33. The van der Waals surface area contributed by atoms with Gasteiger partial charge in [-0.25, -0.2) is 0 Å². The van der Waals surface area contributed by atoms with Gasteiger partial charge in [0.15, 0.2) is 0 Å². The van der Waals surface area contributed by atoms with Crippen LogP contribution >= 0.6 is 15.9 Å². The molecule has 0 saturated heterocycles. The van der Waals surface area contributed by atoms with Crippen LogP contribution in [0.5, 0.6) is 0 Å². The highest BCUT2D eigenvalue weighted by atomic mass is 79.9. The van der Waals surface area contributed by atoms with E-state index >= 15 is 0 Å². The largest absolute Gasteiger partial charge is 0.326 e. The summed E-state index contributed by atoms with van der Waals surface area (Å²) in [6.07, 6.45) is 4.98. The molecule has 3 rings (SSSR count). The third-order valence-electron chi connectivity index (χ3n) is 4.45. The van der Waals surface area contributed by atoms with Gasteiger partial charge in [0.05, 0.1) is 0 Å². The first-order valence-corrected chi connectivity index (χ1v) is 7.84. The summed E-state index contributed by atoms with van der Waals surface area (Å²) in [6, 6.07) is 8.07. The van der Waals surface area contributed by atoms with Gasteiger partial charge in [-0.2, -0.15) is 0 Å². The molecule has 3 atom stereocenters. The van der Waals surface area contributed by atoms with Crippen LogP contribution in [0.2, 0.25) is 0 Å². The molecule has 0 heterocycles. The van der Waals surface area contributed by atoms with Gasteiger partial charge in [0.25, 0.3) is 0 Å². The van der Waals surface area contributed by atoms with Crippen LogP contribution in [0.3, 0.4) is 0 Å². The van der Waals surface area contributed by atoms with E-state index < -0.39 is 0 Å². The number of alkyl halides is 1. The summed E-state index contributed by atoms with van der Waals surface area (Å²) in [5.41, 5.74) is 2.15. The van der Waals surface area contributed by atoms with Gasteiger partial charge in [0.1, 0.15) is 0 Å². The van der Waals surface area contributed by atoms with Gasteiger partial charge in [-0.05, 0) is 48.8 Å². The maximum Gasteiger partial charge on any atom is 0.227 e. The van der Waals surface area contributed by atoms with Gasteiger partial charge < -0.3 is 5.32 Å². The van der Waals surface area contributed by atoms with Crippen LogP contribution in [0.4, 0.5) is 5.69 Å². The highest BCUT2D eigenvalue weighted by Gasteiger charge is 2.42. The minimum absolute atomic E-state index is 0.230. The van der Waals surface area contributed by atoms with Gasteiger partial charge in [-0.15, -0.1) is 0 Å². The number of amides is 1. The number of fused-ring (bicyclic) bond motifs is 2. The van der Waals surface area contributed by atoms with E-state index in [4.69, 9.17) is 0 Å². The van der Waals surface area contributed by atoms with Gasteiger partial charge in [-0.1, -0.05) is 34.5 Å². The van der Waals surface area contributed by atoms with Gasteiger partial charge in [0, 0.05) is 16.9 Å². The SMILES string of the molecule is O=C(Nc1ccc(CBr)cc1)C1CC2CCC1C2. The number of rotatable bonds is 3. The predicted molar refractivity (Wildman–Crippen MR) is 76.6 cm³/mol. The quantitative estimate of drug-likeness (QED) is 0.842. The Labute approximate surface area is 116 Å². The molecule has 2 aliphatic carbocycles. The Bertz CT molecular complexity index is 442. The Morgan fingerprint density at radius 1 is 1.22 bits per heavy atom. The second-order valence-electron chi connectivity index (χ2n) is 5.60. The monoisotopic (exact) mass is 307 g/mol. The number of anilines is 1. The summed E-state index contributed by atoms with van der Waals surface area (Å²) in [5, 5.41) is 3.92. The summed E-state index contributed by atoms with van der Waals surface area (Å²) < 4.78 is 0. The molecule has 96 valence electrons. The zero-order chi connectivity index (χ0) is 12.5. The van der Waals surface area contributed by atoms with Crippen LogP contribution in [0.1, 0.15) is 31.2 Å². The molecule has 1 N–H and O–H groups in total. The zero-order valence-electron chi connectivity index (χ0n) is 10.4. The van der Waals surface area contributed by atoms with Crippen molar-refractivity contribution in [3.05, 3.63) is 29.8 Å². The number of hydrogen-bond acceptors (Lipinski definition) is 1. The second-order valence-corrected chi connectivity index (χ2v) is 6.16. The lowest BCUT2D eigenvalue weighted by molar-refractivity contribution is -0.121. The first kappa shape index (κ1) is 12.2. The second kappa shape index (κ2) is 5.04. The highest BCUT2D eigenvalue weighted by Crippen LogP contribution is 2.48. The van der Waals surface area contributed by atoms with E-state index in [1.807, 2.05) is 24.3 Å². The summed E-state index contributed by atoms with van der Waals surface area (Å²) in [6.45, 7) is 0. The van der Waals surface area contributed by atoms with Crippen LogP contribution < -0.4 is 5.32 Å². The average molecular weight is 308 g/mol. The zero-order valence-corrected chi connectivity index (χ0v) is 11.9. The number of benzene rings is 1. The van der Waals surface area contributed by atoms with E-state index in [1.54, 1.807) is 0 Å². The molecule has 2 fully saturated rings. The number of nitrogens with one attached hydrogen (secondary N) is 1. The van der Waals surface area contributed by atoms with Crippen LogP contribution in [0.15, 0.2) is 24.3 Å². The molecule has 2 nitrogen and oxygen atoms in total. The topological polar surface area (TPSA) is 29.1 Å². The van der Waals surface area contributed by atoms with Crippen molar-refractivity contribution in [2.75, 3.05) is 5.32 Å². The van der Waals surface area contributed by atoms with E-state index in [1.165, 1.54) is 24.8 Å². The van der Waals surface area contributed by atoms with Crippen molar-refractivity contribution in [1.29, 1.82) is 0 Å². The number of carbonyl (C=O) groups is 1. The minimum Gasteiger partial charge on any atom is -0.326 e. The molecule has 1 aromatic carbocycles. The highest BCUT2D eigenvalue weighted by molar-refractivity contribution is 9.08. The minimum atomic E-state index is 0.230. The molecular weight excluding hydrogens is 290 g/mol. The van der Waals surface area contributed by atoms with Crippen molar-refractivity contribution >= 4 is 27.5 Å². The van der Waals surface area contributed by atoms with E-state index in [0.29, 0.717) is 5.92 Å². The summed E-state index contributed by atoms with van der Waals surface area (Å²) in [4.78, 5) is 12.2. The Morgan fingerprint density at radius 3 is 2.56 bits per heavy atom. The van der Waals surface area contributed by atoms with Crippen molar-refractivity contribution in [3.8, 4) is 0 Å². The molecule has 1 aromatic rings. The standard InChI is InChI=1S/C15H18BrNO/c16-9-10-2-5-13(6-3-10)17-15(18)14-8-11-1-4-12(14)7-11/h2-3,5-6,11-12,14H,1,4,7-9H2,(H,17,18). The number of halogens is 1.